The summed E-state index contributed by atoms with van der Waals surface area (Å²) in [5.74, 6) is 0. The topological polar surface area (TPSA) is 41.9 Å². The predicted molar refractivity (Wildman–Crippen MR) is 78.4 cm³/mol. The second-order valence-electron chi connectivity index (χ2n) is 4.72. The van der Waals surface area contributed by atoms with Gasteiger partial charge in [-0.15, -0.1) is 0 Å². The monoisotopic (exact) mass is 258 g/mol. The lowest BCUT2D eigenvalue weighted by atomic mass is 10.3. The molecule has 0 spiro atoms. The molecule has 0 aliphatic heterocycles. The summed E-state index contributed by atoms with van der Waals surface area (Å²) in [4.78, 5) is 0. The van der Waals surface area contributed by atoms with E-state index < -0.39 is 0 Å². The number of benzene rings is 1. The van der Waals surface area contributed by atoms with Gasteiger partial charge in [0.15, 0.2) is 0 Å². The van der Waals surface area contributed by atoms with Crippen molar-refractivity contribution in [3.8, 4) is 5.69 Å². The lowest BCUT2D eigenvalue weighted by Gasteiger charge is -2.12. The normalized spacial score (nSPS) is 12.5. The zero-order valence-electron chi connectivity index (χ0n) is 11.6. The Bertz CT molecular complexity index is 478. The quantitative estimate of drug-likeness (QED) is 0.798. The first kappa shape index (κ1) is 13.8. The fourth-order valence-electron chi connectivity index (χ4n) is 1.90. The molecule has 1 unspecified atom stereocenters. The van der Waals surface area contributed by atoms with Crippen molar-refractivity contribution in [2.45, 2.75) is 26.4 Å². The van der Waals surface area contributed by atoms with E-state index in [4.69, 9.17) is 0 Å². The molecule has 0 fully saturated rings. The minimum Gasteiger partial charge on any atom is -0.315 e. The van der Waals surface area contributed by atoms with E-state index in [2.05, 4.69) is 47.9 Å². The van der Waals surface area contributed by atoms with Crippen molar-refractivity contribution >= 4 is 0 Å². The van der Waals surface area contributed by atoms with Crippen molar-refractivity contribution in [1.29, 1.82) is 0 Å². The molecule has 0 saturated heterocycles. The van der Waals surface area contributed by atoms with Gasteiger partial charge in [-0.05, 0) is 25.6 Å². The van der Waals surface area contributed by atoms with Crippen LogP contribution in [0.2, 0.25) is 0 Å². The van der Waals surface area contributed by atoms with Crippen molar-refractivity contribution in [2.75, 3.05) is 13.1 Å². The van der Waals surface area contributed by atoms with Crippen LogP contribution in [0.15, 0.2) is 42.7 Å². The van der Waals surface area contributed by atoms with E-state index in [0.29, 0.717) is 6.04 Å². The van der Waals surface area contributed by atoms with Crippen LogP contribution in [0.25, 0.3) is 5.69 Å². The minimum atomic E-state index is 0.458. The molecular formula is C15H22N4. The van der Waals surface area contributed by atoms with Crippen molar-refractivity contribution in [3.63, 3.8) is 0 Å². The number of hydrogen-bond donors (Lipinski definition) is 2. The van der Waals surface area contributed by atoms with Gasteiger partial charge in [-0.3, -0.25) is 0 Å². The SMILES string of the molecule is CCNCC(C)NCc1cnn(-c2ccccc2)c1. The van der Waals surface area contributed by atoms with E-state index in [0.717, 1.165) is 25.3 Å². The van der Waals surface area contributed by atoms with E-state index in [1.165, 1.54) is 5.56 Å². The first-order chi connectivity index (χ1) is 9.29. The van der Waals surface area contributed by atoms with Gasteiger partial charge in [0.05, 0.1) is 11.9 Å². The number of nitrogens with one attached hydrogen (secondary N) is 2. The van der Waals surface area contributed by atoms with Gasteiger partial charge in [-0.25, -0.2) is 4.68 Å². The Kier molecular flexibility index (Phi) is 5.12. The van der Waals surface area contributed by atoms with Crippen molar-refractivity contribution < 1.29 is 0 Å². The number of nitrogens with zero attached hydrogens (tertiary/aromatic N) is 2. The Morgan fingerprint density at radius 3 is 2.79 bits per heavy atom. The zero-order chi connectivity index (χ0) is 13.5. The second-order valence-corrected chi connectivity index (χ2v) is 4.72. The van der Waals surface area contributed by atoms with Crippen molar-refractivity contribution in [1.82, 2.24) is 20.4 Å². The van der Waals surface area contributed by atoms with Crippen molar-refractivity contribution in [3.05, 3.63) is 48.3 Å². The van der Waals surface area contributed by atoms with Crippen LogP contribution in [0, 0.1) is 0 Å². The molecular weight excluding hydrogens is 236 g/mol. The molecule has 2 rings (SSSR count). The van der Waals surface area contributed by atoms with Gasteiger partial charge in [0.1, 0.15) is 0 Å². The third-order valence-electron chi connectivity index (χ3n) is 3.01. The van der Waals surface area contributed by atoms with Crippen LogP contribution >= 0.6 is 0 Å². The summed E-state index contributed by atoms with van der Waals surface area (Å²) in [6, 6.07) is 10.6. The number of para-hydroxylation sites is 1. The van der Waals surface area contributed by atoms with E-state index in [9.17, 15) is 0 Å². The first-order valence-corrected chi connectivity index (χ1v) is 6.82. The van der Waals surface area contributed by atoms with Crippen LogP contribution in [0.3, 0.4) is 0 Å². The third-order valence-corrected chi connectivity index (χ3v) is 3.01. The highest BCUT2D eigenvalue weighted by Crippen LogP contribution is 2.07. The van der Waals surface area contributed by atoms with E-state index >= 15 is 0 Å². The summed E-state index contributed by atoms with van der Waals surface area (Å²) in [6.07, 6.45) is 3.99. The lowest BCUT2D eigenvalue weighted by molar-refractivity contribution is 0.509. The average molecular weight is 258 g/mol. The molecule has 0 aliphatic rings. The van der Waals surface area contributed by atoms with Gasteiger partial charge < -0.3 is 10.6 Å². The summed E-state index contributed by atoms with van der Waals surface area (Å²) in [6.45, 7) is 7.15. The molecule has 0 aliphatic carbocycles. The number of rotatable bonds is 7. The fraction of sp³-hybridized carbons (Fsp3) is 0.400. The molecule has 2 aromatic rings. The Morgan fingerprint density at radius 2 is 2.05 bits per heavy atom. The molecule has 19 heavy (non-hydrogen) atoms. The number of aromatic nitrogens is 2. The maximum atomic E-state index is 4.39. The largest absolute Gasteiger partial charge is 0.315 e. The van der Waals surface area contributed by atoms with Gasteiger partial charge in [-0.1, -0.05) is 25.1 Å². The number of likely N-dealkylation sites (N-methyl/N-ethyl adjacent to an activating group) is 1. The molecule has 1 aromatic carbocycles. The lowest BCUT2D eigenvalue weighted by Crippen LogP contribution is -2.35. The Morgan fingerprint density at radius 1 is 1.26 bits per heavy atom. The van der Waals surface area contributed by atoms with Gasteiger partial charge >= 0.3 is 0 Å². The standard InChI is InChI=1S/C15H22N4/c1-3-16-9-13(2)17-10-14-11-18-19(12-14)15-7-5-4-6-8-15/h4-8,11-13,16-17H,3,9-10H2,1-2H3. The second kappa shape index (κ2) is 7.07. The predicted octanol–water partition coefficient (Wildman–Crippen LogP) is 1.96. The summed E-state index contributed by atoms with van der Waals surface area (Å²) in [5, 5.41) is 11.2. The smallest absolute Gasteiger partial charge is 0.0645 e. The molecule has 1 atom stereocenters. The number of hydrogen-bond acceptors (Lipinski definition) is 3. The van der Waals surface area contributed by atoms with Gasteiger partial charge in [-0.2, -0.15) is 5.10 Å². The highest BCUT2D eigenvalue weighted by atomic mass is 15.3. The molecule has 4 nitrogen and oxygen atoms in total. The van der Waals surface area contributed by atoms with Crippen LogP contribution in [0.5, 0.6) is 0 Å². The Labute approximate surface area is 114 Å². The molecule has 1 aromatic heterocycles. The Balaban J connectivity index is 1.88. The van der Waals surface area contributed by atoms with Crippen LogP contribution < -0.4 is 10.6 Å². The molecule has 2 N–H and O–H groups in total. The maximum absolute atomic E-state index is 4.39. The highest BCUT2D eigenvalue weighted by molar-refractivity contribution is 5.30. The Hall–Kier alpha value is -1.65. The molecule has 0 amide bonds. The minimum absolute atomic E-state index is 0.458. The van der Waals surface area contributed by atoms with Crippen LogP contribution in [-0.4, -0.2) is 28.9 Å². The average Bonchev–Trinajstić information content (AvgIpc) is 2.93. The third kappa shape index (κ3) is 4.19. The molecule has 0 bridgehead atoms. The van der Waals surface area contributed by atoms with E-state index in [1.807, 2.05) is 29.1 Å². The summed E-state index contributed by atoms with van der Waals surface area (Å²) in [5.41, 5.74) is 2.29. The van der Waals surface area contributed by atoms with Gasteiger partial charge in [0.2, 0.25) is 0 Å². The summed E-state index contributed by atoms with van der Waals surface area (Å²) in [7, 11) is 0. The molecule has 1 heterocycles. The van der Waals surface area contributed by atoms with E-state index in [-0.39, 0.29) is 0 Å². The highest BCUT2D eigenvalue weighted by Gasteiger charge is 2.03. The van der Waals surface area contributed by atoms with Crippen molar-refractivity contribution in [2.24, 2.45) is 0 Å². The maximum Gasteiger partial charge on any atom is 0.0645 e. The summed E-state index contributed by atoms with van der Waals surface area (Å²) < 4.78 is 1.91. The fourth-order valence-corrected chi connectivity index (χ4v) is 1.90. The van der Waals surface area contributed by atoms with Crippen LogP contribution in [-0.2, 0) is 6.54 Å². The molecule has 0 radical (unpaired) electrons. The van der Waals surface area contributed by atoms with Gasteiger partial charge in [0.25, 0.3) is 0 Å². The first-order valence-electron chi connectivity index (χ1n) is 6.82. The summed E-state index contributed by atoms with van der Waals surface area (Å²) >= 11 is 0. The van der Waals surface area contributed by atoms with Crippen LogP contribution in [0.4, 0.5) is 0 Å². The molecule has 0 saturated carbocycles. The molecule has 102 valence electrons. The van der Waals surface area contributed by atoms with E-state index in [1.54, 1.807) is 0 Å². The van der Waals surface area contributed by atoms with Gasteiger partial charge in [0, 0.05) is 30.9 Å². The van der Waals surface area contributed by atoms with Crippen LogP contribution in [0.1, 0.15) is 19.4 Å². The molecule has 4 heteroatoms. The zero-order valence-corrected chi connectivity index (χ0v) is 11.6.